The number of unbranched alkanes of at least 4 members (excludes halogenated alkanes) is 1. The van der Waals surface area contributed by atoms with E-state index in [4.69, 9.17) is 0 Å². The first kappa shape index (κ1) is 29.9. The second kappa shape index (κ2) is 13.9. The predicted molar refractivity (Wildman–Crippen MR) is 156 cm³/mol. The number of nitrogens with one attached hydrogen (secondary N) is 1. The fourth-order valence-electron chi connectivity index (χ4n) is 4.17. The molecular weight excluding hydrogens is 510 g/mol. The zero-order chi connectivity index (χ0) is 28.4. The molecule has 0 bridgehead atoms. The van der Waals surface area contributed by atoms with Crippen molar-refractivity contribution in [3.63, 3.8) is 0 Å². The van der Waals surface area contributed by atoms with Crippen LogP contribution >= 0.6 is 0 Å². The quantitative estimate of drug-likeness (QED) is 0.292. The zero-order valence-corrected chi connectivity index (χ0v) is 24.0. The summed E-state index contributed by atoms with van der Waals surface area (Å²) in [7, 11) is -4.07. The standard InChI is InChI=1S/C31H39N3O4S/c1-5-6-21-32-31(36)25(4)33(22-26-13-9-7-10-14-26)30(35)23-34(28-19-17-27(18-20-28)24(2)3)39(37,38)29-15-11-8-12-16-29/h7-20,24-25H,5-6,21-23H2,1-4H3,(H,32,36). The first-order chi connectivity index (χ1) is 18.6. The summed E-state index contributed by atoms with van der Waals surface area (Å²) >= 11 is 0. The Balaban J connectivity index is 1.98. The number of benzene rings is 3. The highest BCUT2D eigenvalue weighted by atomic mass is 32.2. The van der Waals surface area contributed by atoms with Crippen LogP contribution in [0.25, 0.3) is 0 Å². The van der Waals surface area contributed by atoms with Gasteiger partial charge >= 0.3 is 0 Å². The summed E-state index contributed by atoms with van der Waals surface area (Å²) in [5.74, 6) is -0.468. The summed E-state index contributed by atoms with van der Waals surface area (Å²) < 4.78 is 28.8. The van der Waals surface area contributed by atoms with E-state index in [1.807, 2.05) is 49.4 Å². The minimum absolute atomic E-state index is 0.0886. The Labute approximate surface area is 232 Å². The monoisotopic (exact) mass is 549 g/mol. The van der Waals surface area contributed by atoms with Gasteiger partial charge in [0, 0.05) is 13.1 Å². The van der Waals surface area contributed by atoms with Crippen LogP contribution in [0.3, 0.4) is 0 Å². The molecule has 3 aromatic carbocycles. The van der Waals surface area contributed by atoms with Crippen molar-refractivity contribution in [1.29, 1.82) is 0 Å². The highest BCUT2D eigenvalue weighted by Crippen LogP contribution is 2.26. The molecule has 0 saturated carbocycles. The van der Waals surface area contributed by atoms with Crippen molar-refractivity contribution in [3.05, 3.63) is 96.1 Å². The fraction of sp³-hybridized carbons (Fsp3) is 0.355. The number of hydrogen-bond donors (Lipinski definition) is 1. The van der Waals surface area contributed by atoms with Crippen LogP contribution in [-0.2, 0) is 26.2 Å². The second-order valence-electron chi connectivity index (χ2n) is 9.90. The number of carbonyl (C=O) groups is 2. The van der Waals surface area contributed by atoms with Gasteiger partial charge in [-0.05, 0) is 54.7 Å². The molecule has 0 spiro atoms. The van der Waals surface area contributed by atoms with Crippen LogP contribution in [0.4, 0.5) is 5.69 Å². The van der Waals surface area contributed by atoms with Crippen molar-refractivity contribution in [1.82, 2.24) is 10.2 Å². The van der Waals surface area contributed by atoms with Crippen LogP contribution in [0.1, 0.15) is 57.6 Å². The largest absolute Gasteiger partial charge is 0.354 e. The minimum Gasteiger partial charge on any atom is -0.354 e. The van der Waals surface area contributed by atoms with Gasteiger partial charge in [0.05, 0.1) is 10.6 Å². The smallest absolute Gasteiger partial charge is 0.264 e. The molecule has 1 atom stereocenters. The summed E-state index contributed by atoms with van der Waals surface area (Å²) in [5.41, 5.74) is 2.29. The third-order valence-electron chi connectivity index (χ3n) is 6.65. The molecule has 208 valence electrons. The van der Waals surface area contributed by atoms with E-state index in [1.165, 1.54) is 17.0 Å². The molecule has 0 fully saturated rings. The van der Waals surface area contributed by atoms with E-state index in [2.05, 4.69) is 19.2 Å². The Morgan fingerprint density at radius 1 is 0.846 bits per heavy atom. The molecule has 3 aromatic rings. The van der Waals surface area contributed by atoms with Gasteiger partial charge in [0.1, 0.15) is 12.6 Å². The Bertz CT molecular complexity index is 1310. The average molecular weight is 550 g/mol. The molecule has 0 aliphatic carbocycles. The van der Waals surface area contributed by atoms with Crippen LogP contribution in [0.15, 0.2) is 89.8 Å². The summed E-state index contributed by atoms with van der Waals surface area (Å²) in [6, 6.07) is 23.9. The molecule has 2 amide bonds. The molecular formula is C31H39N3O4S. The molecule has 1 N–H and O–H groups in total. The van der Waals surface area contributed by atoms with E-state index < -0.39 is 28.5 Å². The summed E-state index contributed by atoms with van der Waals surface area (Å²) in [6.45, 7) is 8.08. The number of nitrogens with zero attached hydrogens (tertiary/aromatic N) is 2. The lowest BCUT2D eigenvalue weighted by Gasteiger charge is -2.32. The SMILES string of the molecule is CCCCNC(=O)C(C)N(Cc1ccccc1)C(=O)CN(c1ccc(C(C)C)cc1)S(=O)(=O)c1ccccc1. The van der Waals surface area contributed by atoms with Gasteiger partial charge in [-0.3, -0.25) is 13.9 Å². The normalized spacial score (nSPS) is 12.1. The fourth-order valence-corrected chi connectivity index (χ4v) is 5.61. The summed E-state index contributed by atoms with van der Waals surface area (Å²) in [6.07, 6.45) is 1.77. The Hall–Kier alpha value is -3.65. The van der Waals surface area contributed by atoms with Crippen LogP contribution in [0.5, 0.6) is 0 Å². The summed E-state index contributed by atoms with van der Waals surface area (Å²) in [5, 5.41) is 2.90. The lowest BCUT2D eigenvalue weighted by atomic mass is 10.0. The highest BCUT2D eigenvalue weighted by molar-refractivity contribution is 7.92. The zero-order valence-electron chi connectivity index (χ0n) is 23.2. The number of carbonyl (C=O) groups excluding carboxylic acids is 2. The van der Waals surface area contributed by atoms with E-state index in [-0.39, 0.29) is 23.3 Å². The second-order valence-corrected chi connectivity index (χ2v) is 11.8. The third-order valence-corrected chi connectivity index (χ3v) is 8.44. The van der Waals surface area contributed by atoms with Crippen molar-refractivity contribution in [2.45, 2.75) is 63.9 Å². The predicted octanol–water partition coefficient (Wildman–Crippen LogP) is 5.34. The molecule has 0 aromatic heterocycles. The first-order valence-electron chi connectivity index (χ1n) is 13.4. The van der Waals surface area contributed by atoms with E-state index >= 15 is 0 Å². The third kappa shape index (κ3) is 7.93. The van der Waals surface area contributed by atoms with Crippen molar-refractivity contribution in [2.24, 2.45) is 0 Å². The number of amides is 2. The van der Waals surface area contributed by atoms with Gasteiger partial charge in [-0.15, -0.1) is 0 Å². The van der Waals surface area contributed by atoms with E-state index in [0.717, 1.165) is 28.3 Å². The van der Waals surface area contributed by atoms with Crippen LogP contribution in [-0.4, -0.2) is 44.3 Å². The maximum atomic E-state index is 13.9. The van der Waals surface area contributed by atoms with Gasteiger partial charge in [0.2, 0.25) is 11.8 Å². The molecule has 0 saturated heterocycles. The van der Waals surface area contributed by atoms with Gasteiger partial charge in [-0.1, -0.05) is 87.9 Å². The Morgan fingerprint density at radius 2 is 1.44 bits per heavy atom. The number of rotatable bonds is 13. The molecule has 7 nitrogen and oxygen atoms in total. The van der Waals surface area contributed by atoms with E-state index in [1.54, 1.807) is 37.3 Å². The molecule has 0 aliphatic rings. The maximum Gasteiger partial charge on any atom is 0.264 e. The molecule has 0 heterocycles. The molecule has 39 heavy (non-hydrogen) atoms. The minimum atomic E-state index is -4.07. The molecule has 8 heteroatoms. The molecule has 0 aliphatic heterocycles. The topological polar surface area (TPSA) is 86.8 Å². The van der Waals surface area contributed by atoms with Crippen LogP contribution < -0.4 is 9.62 Å². The average Bonchev–Trinajstić information content (AvgIpc) is 2.95. The Morgan fingerprint density at radius 3 is 2.00 bits per heavy atom. The maximum absolute atomic E-state index is 13.9. The van der Waals surface area contributed by atoms with E-state index in [0.29, 0.717) is 12.2 Å². The number of anilines is 1. The van der Waals surface area contributed by atoms with Gasteiger partial charge < -0.3 is 10.2 Å². The van der Waals surface area contributed by atoms with Gasteiger partial charge in [0.15, 0.2) is 0 Å². The van der Waals surface area contributed by atoms with Gasteiger partial charge in [-0.2, -0.15) is 0 Å². The Kier molecular flexibility index (Phi) is 10.7. The van der Waals surface area contributed by atoms with Crippen molar-refractivity contribution in [2.75, 3.05) is 17.4 Å². The summed E-state index contributed by atoms with van der Waals surface area (Å²) in [4.78, 5) is 28.4. The van der Waals surface area contributed by atoms with Gasteiger partial charge in [-0.25, -0.2) is 8.42 Å². The van der Waals surface area contributed by atoms with Crippen molar-refractivity contribution >= 4 is 27.5 Å². The number of sulfonamides is 1. The molecule has 3 rings (SSSR count). The van der Waals surface area contributed by atoms with E-state index in [9.17, 15) is 18.0 Å². The van der Waals surface area contributed by atoms with Crippen LogP contribution in [0.2, 0.25) is 0 Å². The van der Waals surface area contributed by atoms with Crippen LogP contribution in [0, 0.1) is 0 Å². The highest BCUT2D eigenvalue weighted by Gasteiger charge is 2.32. The lowest BCUT2D eigenvalue weighted by molar-refractivity contribution is -0.139. The van der Waals surface area contributed by atoms with Crippen molar-refractivity contribution < 1.29 is 18.0 Å². The molecule has 0 radical (unpaired) electrons. The molecule has 1 unspecified atom stereocenters. The van der Waals surface area contributed by atoms with Gasteiger partial charge in [0.25, 0.3) is 10.0 Å². The van der Waals surface area contributed by atoms with Crippen molar-refractivity contribution in [3.8, 4) is 0 Å². The first-order valence-corrected chi connectivity index (χ1v) is 14.9. The number of hydrogen-bond acceptors (Lipinski definition) is 4. The lowest BCUT2D eigenvalue weighted by Crippen LogP contribution is -2.51.